The van der Waals surface area contributed by atoms with Crippen molar-refractivity contribution in [3.05, 3.63) is 59.7 Å². The van der Waals surface area contributed by atoms with Crippen LogP contribution in [-0.4, -0.2) is 53.8 Å². The van der Waals surface area contributed by atoms with E-state index >= 15 is 0 Å². The normalized spacial score (nSPS) is 20.6. The van der Waals surface area contributed by atoms with Gasteiger partial charge in [0.1, 0.15) is 6.61 Å². The van der Waals surface area contributed by atoms with E-state index in [1.807, 2.05) is 24.3 Å². The molecule has 2 amide bonds. The number of aliphatic hydroxyl groups excluding tert-OH is 1. The van der Waals surface area contributed by atoms with Crippen molar-refractivity contribution in [2.24, 2.45) is 0 Å². The number of nitrogens with zero attached hydrogens (tertiary/aromatic N) is 1. The lowest BCUT2D eigenvalue weighted by Crippen LogP contribution is -2.43. The van der Waals surface area contributed by atoms with Gasteiger partial charge in [0.15, 0.2) is 0 Å². The third-order valence-electron chi connectivity index (χ3n) is 5.55. The van der Waals surface area contributed by atoms with Gasteiger partial charge in [-0.1, -0.05) is 48.5 Å². The Labute approximate surface area is 164 Å². The first-order valence-electron chi connectivity index (χ1n) is 9.58. The molecule has 2 aromatic carbocycles. The van der Waals surface area contributed by atoms with E-state index in [0.717, 1.165) is 11.1 Å². The van der Waals surface area contributed by atoms with Crippen molar-refractivity contribution in [1.29, 1.82) is 0 Å². The molecule has 1 fully saturated rings. The van der Waals surface area contributed by atoms with Crippen LogP contribution >= 0.6 is 0 Å². The summed E-state index contributed by atoms with van der Waals surface area (Å²) < 4.78 is 5.67. The smallest absolute Gasteiger partial charge is 0.410 e. The molecule has 2 aliphatic rings. The molecule has 1 aliphatic heterocycles. The standard InChI is InChI=1S/C22H24N2O4/c1-14(25)23-11-15-10-16(26)12-24(15)22(27)28-13-21-19-8-4-2-6-17(19)18-7-3-5-9-20(18)21/h2-9,15-16,21,26H,10-13H2,1H3,(H,23,25)/t15-,16-/m1/s1. The van der Waals surface area contributed by atoms with Crippen molar-refractivity contribution in [3.63, 3.8) is 0 Å². The van der Waals surface area contributed by atoms with Gasteiger partial charge in [-0.25, -0.2) is 4.79 Å². The van der Waals surface area contributed by atoms with Crippen LogP contribution in [0.2, 0.25) is 0 Å². The molecular formula is C22H24N2O4. The lowest BCUT2D eigenvalue weighted by molar-refractivity contribution is -0.119. The summed E-state index contributed by atoms with van der Waals surface area (Å²) in [5, 5.41) is 12.7. The topological polar surface area (TPSA) is 78.9 Å². The van der Waals surface area contributed by atoms with Crippen LogP contribution in [0.4, 0.5) is 4.79 Å². The maximum absolute atomic E-state index is 12.7. The first-order chi connectivity index (χ1) is 13.5. The zero-order valence-electron chi connectivity index (χ0n) is 15.8. The minimum Gasteiger partial charge on any atom is -0.448 e. The second-order valence-electron chi connectivity index (χ2n) is 7.44. The quantitative estimate of drug-likeness (QED) is 0.854. The number of benzene rings is 2. The highest BCUT2D eigenvalue weighted by Gasteiger charge is 2.36. The maximum atomic E-state index is 12.7. The van der Waals surface area contributed by atoms with Crippen LogP contribution in [0.5, 0.6) is 0 Å². The van der Waals surface area contributed by atoms with Crippen molar-refractivity contribution in [1.82, 2.24) is 10.2 Å². The third kappa shape index (κ3) is 3.47. The van der Waals surface area contributed by atoms with Gasteiger partial charge < -0.3 is 20.1 Å². The number of hydrogen-bond donors (Lipinski definition) is 2. The summed E-state index contributed by atoms with van der Waals surface area (Å²) in [6.45, 7) is 2.22. The maximum Gasteiger partial charge on any atom is 0.410 e. The summed E-state index contributed by atoms with van der Waals surface area (Å²) in [6.07, 6.45) is -0.613. The number of rotatable bonds is 4. The van der Waals surface area contributed by atoms with Gasteiger partial charge in [0.05, 0.1) is 18.7 Å². The molecule has 0 bridgehead atoms. The lowest BCUT2D eigenvalue weighted by Gasteiger charge is -2.25. The highest BCUT2D eigenvalue weighted by Crippen LogP contribution is 2.44. The SMILES string of the molecule is CC(=O)NC[C@H]1C[C@@H](O)CN1C(=O)OCC1c2ccccc2-c2ccccc21. The van der Waals surface area contributed by atoms with E-state index in [9.17, 15) is 14.7 Å². The predicted molar refractivity (Wildman–Crippen MR) is 105 cm³/mol. The molecule has 0 unspecified atom stereocenters. The molecule has 0 aromatic heterocycles. The summed E-state index contributed by atoms with van der Waals surface area (Å²) in [6, 6.07) is 16.1. The molecule has 4 rings (SSSR count). The van der Waals surface area contributed by atoms with Crippen LogP contribution < -0.4 is 5.32 Å². The Bertz CT molecular complexity index is 852. The zero-order valence-corrected chi connectivity index (χ0v) is 15.8. The van der Waals surface area contributed by atoms with E-state index in [2.05, 4.69) is 29.6 Å². The molecule has 0 radical (unpaired) electrons. The van der Waals surface area contributed by atoms with Crippen molar-refractivity contribution in [3.8, 4) is 11.1 Å². The van der Waals surface area contributed by atoms with Crippen molar-refractivity contribution < 1.29 is 19.4 Å². The Hall–Kier alpha value is -2.86. The molecule has 6 heteroatoms. The number of carbonyl (C=O) groups excluding carboxylic acids is 2. The van der Waals surface area contributed by atoms with E-state index in [4.69, 9.17) is 4.74 Å². The van der Waals surface area contributed by atoms with Crippen molar-refractivity contribution in [2.75, 3.05) is 19.7 Å². The fraction of sp³-hybridized carbons (Fsp3) is 0.364. The van der Waals surface area contributed by atoms with E-state index in [1.165, 1.54) is 23.0 Å². The van der Waals surface area contributed by atoms with E-state index in [1.54, 1.807) is 0 Å². The number of hydrogen-bond acceptors (Lipinski definition) is 4. The van der Waals surface area contributed by atoms with Crippen LogP contribution in [0.15, 0.2) is 48.5 Å². The van der Waals surface area contributed by atoms with Crippen molar-refractivity contribution in [2.45, 2.75) is 31.4 Å². The van der Waals surface area contributed by atoms with Crippen LogP contribution in [0, 0.1) is 0 Å². The predicted octanol–water partition coefficient (Wildman–Crippen LogP) is 2.51. The monoisotopic (exact) mass is 380 g/mol. The minimum absolute atomic E-state index is 0.00216. The molecule has 2 aromatic rings. The van der Waals surface area contributed by atoms with Crippen LogP contribution in [0.1, 0.15) is 30.4 Å². The minimum atomic E-state index is -0.598. The number of β-amino-alcohol motifs (C(OH)–C–C–N with tert-alkyl or cyclic N) is 1. The van der Waals surface area contributed by atoms with Gasteiger partial charge >= 0.3 is 6.09 Å². The van der Waals surface area contributed by atoms with Gasteiger partial charge in [-0.15, -0.1) is 0 Å². The van der Waals surface area contributed by atoms with Crippen molar-refractivity contribution >= 4 is 12.0 Å². The van der Waals surface area contributed by atoms with Gasteiger partial charge in [-0.05, 0) is 28.7 Å². The number of fused-ring (bicyclic) bond motifs is 3. The van der Waals surface area contributed by atoms with Gasteiger partial charge in [0.25, 0.3) is 0 Å². The first-order valence-corrected chi connectivity index (χ1v) is 9.58. The zero-order chi connectivity index (χ0) is 19.7. The first kappa shape index (κ1) is 18.5. The second-order valence-corrected chi connectivity index (χ2v) is 7.44. The number of carbonyl (C=O) groups is 2. The fourth-order valence-electron chi connectivity index (χ4n) is 4.25. The van der Waals surface area contributed by atoms with E-state index in [-0.39, 0.29) is 31.0 Å². The molecule has 28 heavy (non-hydrogen) atoms. The Balaban J connectivity index is 1.47. The number of aliphatic hydroxyl groups is 1. The van der Waals surface area contributed by atoms with Crippen LogP contribution in [-0.2, 0) is 9.53 Å². The molecule has 1 heterocycles. The van der Waals surface area contributed by atoms with E-state index in [0.29, 0.717) is 13.0 Å². The van der Waals surface area contributed by atoms with Gasteiger partial charge in [-0.2, -0.15) is 0 Å². The van der Waals surface area contributed by atoms with Gasteiger partial charge in [0, 0.05) is 19.4 Å². The summed E-state index contributed by atoms with van der Waals surface area (Å²) >= 11 is 0. The van der Waals surface area contributed by atoms with Gasteiger partial charge in [0.2, 0.25) is 5.91 Å². The molecule has 146 valence electrons. The Morgan fingerprint density at radius 1 is 1.11 bits per heavy atom. The highest BCUT2D eigenvalue weighted by molar-refractivity contribution is 5.79. The summed E-state index contributed by atoms with van der Waals surface area (Å²) in [7, 11) is 0. The summed E-state index contributed by atoms with van der Waals surface area (Å²) in [5.74, 6) is -0.161. The fourth-order valence-corrected chi connectivity index (χ4v) is 4.25. The molecule has 6 nitrogen and oxygen atoms in total. The molecular weight excluding hydrogens is 356 g/mol. The van der Waals surface area contributed by atoms with Crippen LogP contribution in [0.3, 0.4) is 0 Å². The molecule has 0 saturated carbocycles. The van der Waals surface area contributed by atoms with Gasteiger partial charge in [-0.3, -0.25) is 4.79 Å². The summed E-state index contributed by atoms with van der Waals surface area (Å²) in [5.41, 5.74) is 4.68. The number of nitrogens with one attached hydrogen (secondary N) is 1. The Morgan fingerprint density at radius 3 is 2.32 bits per heavy atom. The van der Waals surface area contributed by atoms with Crippen LogP contribution in [0.25, 0.3) is 11.1 Å². The average molecular weight is 380 g/mol. The molecule has 2 N–H and O–H groups in total. The Kier molecular flexibility index (Phi) is 5.05. The molecule has 1 aliphatic carbocycles. The highest BCUT2D eigenvalue weighted by atomic mass is 16.6. The average Bonchev–Trinajstić information content (AvgIpc) is 3.22. The summed E-state index contributed by atoms with van der Waals surface area (Å²) in [4.78, 5) is 25.4. The molecule has 1 saturated heterocycles. The lowest BCUT2D eigenvalue weighted by atomic mass is 9.98. The molecule has 0 spiro atoms. The second kappa shape index (κ2) is 7.64. The van der Waals surface area contributed by atoms with E-state index < -0.39 is 12.2 Å². The number of likely N-dealkylation sites (tertiary alicyclic amines) is 1. The number of ether oxygens (including phenoxy) is 1. The third-order valence-corrected chi connectivity index (χ3v) is 5.55. The Morgan fingerprint density at radius 2 is 1.71 bits per heavy atom. The number of amides is 2. The largest absolute Gasteiger partial charge is 0.448 e. The molecule has 2 atom stereocenters.